The first kappa shape index (κ1) is 16.5. The van der Waals surface area contributed by atoms with Crippen LogP contribution >= 0.6 is 0 Å². The van der Waals surface area contributed by atoms with Crippen molar-refractivity contribution in [3.05, 3.63) is 29.8 Å². The largest absolute Gasteiger partial charge is 0.441 e. The molecule has 2 saturated heterocycles. The number of carbonyl (C=O) groups is 2. The van der Waals surface area contributed by atoms with Gasteiger partial charge in [0.15, 0.2) is 0 Å². The Morgan fingerprint density at radius 2 is 1.92 bits per heavy atom. The molecule has 24 heavy (non-hydrogen) atoms. The first-order chi connectivity index (χ1) is 11.5. The van der Waals surface area contributed by atoms with Crippen LogP contribution < -0.4 is 10.6 Å². The van der Waals surface area contributed by atoms with Crippen molar-refractivity contribution in [1.29, 1.82) is 0 Å². The van der Waals surface area contributed by atoms with E-state index in [9.17, 15) is 14.1 Å². The summed E-state index contributed by atoms with van der Waals surface area (Å²) in [6.07, 6.45) is -2.05. The molecule has 3 unspecified atom stereocenters. The summed E-state index contributed by atoms with van der Waals surface area (Å²) in [6.45, 7) is 4.45. The average molecular weight is 337 g/mol. The van der Waals surface area contributed by atoms with Gasteiger partial charge in [0, 0.05) is 18.8 Å². The van der Waals surface area contributed by atoms with Gasteiger partial charge in [-0.25, -0.2) is 4.79 Å². The van der Waals surface area contributed by atoms with Gasteiger partial charge in [-0.2, -0.15) is 0 Å². The number of amides is 2. The van der Waals surface area contributed by atoms with Gasteiger partial charge in [0.2, 0.25) is 5.91 Å². The van der Waals surface area contributed by atoms with Gasteiger partial charge < -0.3 is 20.1 Å². The third kappa shape index (κ3) is 3.01. The number of hydrogen-bond donors (Lipinski definition) is 1. The molecule has 3 atom stereocenters. The predicted molar refractivity (Wildman–Crippen MR) is 83.8 cm³/mol. The Balaban J connectivity index is 1.82. The Hall–Kier alpha value is -2.35. The van der Waals surface area contributed by atoms with Crippen LogP contribution in [0.15, 0.2) is 24.3 Å². The molecule has 0 bridgehead atoms. The van der Waals surface area contributed by atoms with Crippen LogP contribution in [0.2, 0.25) is 0 Å². The molecule has 0 saturated carbocycles. The topological polar surface area (TPSA) is 85.1 Å². The summed E-state index contributed by atoms with van der Waals surface area (Å²) in [7, 11) is 0. The van der Waals surface area contributed by atoms with E-state index in [0.717, 1.165) is 18.8 Å². The van der Waals surface area contributed by atoms with Crippen LogP contribution in [-0.2, 0) is 14.3 Å². The SMILES string of the molecule is CC(C(N)=O)C1OC(=O)N(F)C1c1ccc(N2CCOCC2)cc1. The van der Waals surface area contributed by atoms with E-state index in [2.05, 4.69) is 4.90 Å². The maximum absolute atomic E-state index is 14.2. The number of rotatable bonds is 4. The fourth-order valence-corrected chi connectivity index (χ4v) is 3.04. The van der Waals surface area contributed by atoms with Crippen molar-refractivity contribution in [2.75, 3.05) is 31.2 Å². The standard InChI is InChI=1S/C16H20FN3O4/c1-10(15(18)21)14-13(20(17)16(22)24-14)11-2-4-12(5-3-11)19-6-8-23-9-7-19/h2-5,10,13-14H,6-9H2,1H3,(H2,18,21). The lowest BCUT2D eigenvalue weighted by Gasteiger charge is -2.29. The zero-order valence-electron chi connectivity index (χ0n) is 13.4. The van der Waals surface area contributed by atoms with Crippen LogP contribution in [0.5, 0.6) is 0 Å². The molecule has 130 valence electrons. The number of carbonyl (C=O) groups excluding carboxylic acids is 2. The number of anilines is 1. The zero-order chi connectivity index (χ0) is 17.3. The van der Waals surface area contributed by atoms with Crippen molar-refractivity contribution in [3.63, 3.8) is 0 Å². The minimum Gasteiger partial charge on any atom is -0.441 e. The van der Waals surface area contributed by atoms with E-state index >= 15 is 0 Å². The van der Waals surface area contributed by atoms with E-state index in [4.69, 9.17) is 15.2 Å². The van der Waals surface area contributed by atoms with Crippen molar-refractivity contribution < 1.29 is 23.5 Å². The maximum Gasteiger partial charge on any atom is 0.439 e. The number of hydrogen-bond acceptors (Lipinski definition) is 5. The summed E-state index contributed by atoms with van der Waals surface area (Å²) in [6, 6.07) is 6.22. The molecule has 2 N–H and O–H groups in total. The quantitative estimate of drug-likeness (QED) is 0.839. The van der Waals surface area contributed by atoms with E-state index in [1.54, 1.807) is 12.1 Å². The third-order valence-electron chi connectivity index (χ3n) is 4.52. The summed E-state index contributed by atoms with van der Waals surface area (Å²) < 4.78 is 24.5. The van der Waals surface area contributed by atoms with Gasteiger partial charge in [0.1, 0.15) is 12.1 Å². The Morgan fingerprint density at radius 3 is 2.50 bits per heavy atom. The minimum absolute atomic E-state index is 0.0217. The molecule has 2 fully saturated rings. The van der Waals surface area contributed by atoms with Crippen molar-refractivity contribution in [2.24, 2.45) is 11.7 Å². The van der Waals surface area contributed by atoms with E-state index in [-0.39, 0.29) is 5.12 Å². The van der Waals surface area contributed by atoms with Gasteiger partial charge in [0.05, 0.1) is 19.1 Å². The highest BCUT2D eigenvalue weighted by atomic mass is 19.2. The maximum atomic E-state index is 14.2. The number of halogens is 1. The molecule has 2 aliphatic rings. The number of nitrogens with zero attached hydrogens (tertiary/aromatic N) is 2. The van der Waals surface area contributed by atoms with Crippen molar-refractivity contribution in [2.45, 2.75) is 19.1 Å². The number of nitrogens with two attached hydrogens (primary N) is 1. The lowest BCUT2D eigenvalue weighted by molar-refractivity contribution is -0.124. The van der Waals surface area contributed by atoms with E-state index in [1.165, 1.54) is 6.92 Å². The van der Waals surface area contributed by atoms with Crippen molar-refractivity contribution in [3.8, 4) is 0 Å². The highest BCUT2D eigenvalue weighted by Crippen LogP contribution is 2.37. The van der Waals surface area contributed by atoms with Gasteiger partial charge in [-0.05, 0) is 24.6 Å². The van der Waals surface area contributed by atoms with Crippen molar-refractivity contribution in [1.82, 2.24) is 5.12 Å². The first-order valence-corrected chi connectivity index (χ1v) is 7.86. The summed E-state index contributed by atoms with van der Waals surface area (Å²) in [5.74, 6) is -1.43. The molecule has 1 aromatic carbocycles. The summed E-state index contributed by atoms with van der Waals surface area (Å²) >= 11 is 0. The molecule has 1 aromatic rings. The zero-order valence-corrected chi connectivity index (χ0v) is 13.4. The Kier molecular flexibility index (Phi) is 4.57. The van der Waals surface area contributed by atoms with Crippen LogP contribution in [0.3, 0.4) is 0 Å². The van der Waals surface area contributed by atoms with Gasteiger partial charge in [0.25, 0.3) is 0 Å². The van der Waals surface area contributed by atoms with Gasteiger partial charge in [-0.3, -0.25) is 4.79 Å². The molecule has 3 rings (SSSR count). The monoisotopic (exact) mass is 337 g/mol. The molecule has 0 aromatic heterocycles. The molecule has 8 heteroatoms. The van der Waals surface area contributed by atoms with Gasteiger partial charge >= 0.3 is 6.09 Å². The van der Waals surface area contributed by atoms with Crippen LogP contribution in [0.1, 0.15) is 18.5 Å². The second-order valence-corrected chi connectivity index (χ2v) is 5.99. The Morgan fingerprint density at radius 1 is 1.29 bits per heavy atom. The van der Waals surface area contributed by atoms with Crippen LogP contribution in [0, 0.1) is 5.92 Å². The van der Waals surface area contributed by atoms with E-state index in [1.807, 2.05) is 12.1 Å². The van der Waals surface area contributed by atoms with Gasteiger partial charge in [-0.1, -0.05) is 16.6 Å². The second-order valence-electron chi connectivity index (χ2n) is 5.99. The number of ether oxygens (including phenoxy) is 2. The molecular formula is C16H20FN3O4. The molecule has 0 radical (unpaired) electrons. The predicted octanol–water partition coefficient (Wildman–Crippen LogP) is 1.39. The lowest BCUT2D eigenvalue weighted by atomic mass is 9.92. The molecule has 0 spiro atoms. The molecule has 2 heterocycles. The van der Waals surface area contributed by atoms with Gasteiger partial charge in [-0.15, -0.1) is 5.12 Å². The van der Waals surface area contributed by atoms with E-state index < -0.39 is 30.1 Å². The highest BCUT2D eigenvalue weighted by molar-refractivity contribution is 5.79. The molecular weight excluding hydrogens is 317 g/mol. The second kappa shape index (κ2) is 6.64. The molecule has 0 aliphatic carbocycles. The highest BCUT2D eigenvalue weighted by Gasteiger charge is 2.47. The number of cyclic esters (lactones) is 1. The summed E-state index contributed by atoms with van der Waals surface area (Å²) in [5.41, 5.74) is 6.83. The number of benzene rings is 1. The summed E-state index contributed by atoms with van der Waals surface area (Å²) in [5, 5.41) is 0.0217. The number of morpholine rings is 1. The van der Waals surface area contributed by atoms with Crippen molar-refractivity contribution >= 4 is 17.7 Å². The lowest BCUT2D eigenvalue weighted by Crippen LogP contribution is -2.36. The first-order valence-electron chi connectivity index (χ1n) is 7.86. The Bertz CT molecular complexity index is 618. The summed E-state index contributed by atoms with van der Waals surface area (Å²) in [4.78, 5) is 25.1. The van der Waals surface area contributed by atoms with Crippen LogP contribution in [0.4, 0.5) is 15.0 Å². The van der Waals surface area contributed by atoms with Crippen LogP contribution in [-0.4, -0.2) is 49.5 Å². The third-order valence-corrected chi connectivity index (χ3v) is 4.52. The fraction of sp³-hybridized carbons (Fsp3) is 0.500. The molecule has 7 nitrogen and oxygen atoms in total. The molecule has 2 aliphatic heterocycles. The fourth-order valence-electron chi connectivity index (χ4n) is 3.04. The average Bonchev–Trinajstić information content (AvgIpc) is 2.90. The van der Waals surface area contributed by atoms with Crippen LogP contribution in [0.25, 0.3) is 0 Å². The number of primary amides is 1. The minimum atomic E-state index is -1.10. The van der Waals surface area contributed by atoms with E-state index in [0.29, 0.717) is 18.8 Å². The Labute approximate surface area is 139 Å². The smallest absolute Gasteiger partial charge is 0.439 e. The normalized spacial score (nSPS) is 25.5. The molecule has 2 amide bonds.